The molecule has 0 amide bonds. The normalized spacial score (nSPS) is 11.4. The molecule has 0 saturated heterocycles. The van der Waals surface area contributed by atoms with Gasteiger partial charge in [-0.05, 0) is 53.9 Å². The Bertz CT molecular complexity index is 411. The third-order valence-electron chi connectivity index (χ3n) is 3.76. The highest BCUT2D eigenvalue weighted by Gasteiger charge is 2.17. The van der Waals surface area contributed by atoms with Gasteiger partial charge in [-0.3, -0.25) is 4.68 Å². The number of rotatable bonds is 10. The topological polar surface area (TPSA) is 36.3 Å². The zero-order valence-electron chi connectivity index (χ0n) is 14.7. The summed E-state index contributed by atoms with van der Waals surface area (Å²) in [6.45, 7) is 11.7. The summed E-state index contributed by atoms with van der Waals surface area (Å²) in [6.07, 6.45) is 2.34. The molecule has 1 N–H and O–H groups in total. The number of hydrogen-bond donors (Lipinski definition) is 1. The average molecular weight is 295 g/mol. The van der Waals surface area contributed by atoms with Crippen LogP contribution in [0.2, 0.25) is 0 Å². The quantitative estimate of drug-likeness (QED) is 0.670. The summed E-state index contributed by atoms with van der Waals surface area (Å²) in [7, 11) is 6.31. The van der Waals surface area contributed by atoms with Crippen molar-refractivity contribution < 1.29 is 0 Å². The number of nitrogens with one attached hydrogen (secondary N) is 1. The molecule has 5 nitrogen and oxygen atoms in total. The maximum Gasteiger partial charge on any atom is 0.131 e. The van der Waals surface area contributed by atoms with E-state index >= 15 is 0 Å². The SMILES string of the molecule is CCCNCc1c(C)nn(C)c1N(CC)CCCN(C)C. The van der Waals surface area contributed by atoms with Crippen molar-refractivity contribution in [1.82, 2.24) is 20.0 Å². The van der Waals surface area contributed by atoms with E-state index in [4.69, 9.17) is 0 Å². The summed E-state index contributed by atoms with van der Waals surface area (Å²) in [5, 5.41) is 8.14. The van der Waals surface area contributed by atoms with E-state index in [1.54, 1.807) is 0 Å². The van der Waals surface area contributed by atoms with Crippen LogP contribution in [0, 0.1) is 6.92 Å². The Morgan fingerprint density at radius 2 is 1.90 bits per heavy atom. The second-order valence-electron chi connectivity index (χ2n) is 5.92. The minimum Gasteiger partial charge on any atom is -0.357 e. The third-order valence-corrected chi connectivity index (χ3v) is 3.76. The lowest BCUT2D eigenvalue weighted by molar-refractivity contribution is 0.400. The summed E-state index contributed by atoms with van der Waals surface area (Å²) in [5.74, 6) is 1.28. The highest BCUT2D eigenvalue weighted by atomic mass is 15.4. The van der Waals surface area contributed by atoms with Crippen LogP contribution in [0.15, 0.2) is 0 Å². The Balaban J connectivity index is 2.81. The molecule has 1 aromatic rings. The van der Waals surface area contributed by atoms with Crippen LogP contribution in [-0.4, -0.2) is 55.0 Å². The molecule has 0 aliphatic rings. The first-order valence-electron chi connectivity index (χ1n) is 8.14. The molecule has 0 radical (unpaired) electrons. The van der Waals surface area contributed by atoms with Gasteiger partial charge in [-0.2, -0.15) is 5.10 Å². The summed E-state index contributed by atoms with van der Waals surface area (Å²) < 4.78 is 2.04. The Labute approximate surface area is 130 Å². The van der Waals surface area contributed by atoms with E-state index < -0.39 is 0 Å². The molecule has 1 rings (SSSR count). The van der Waals surface area contributed by atoms with E-state index in [2.05, 4.69) is 62.1 Å². The van der Waals surface area contributed by atoms with Crippen molar-refractivity contribution in [3.63, 3.8) is 0 Å². The Hall–Kier alpha value is -1.07. The Kier molecular flexibility index (Phi) is 7.75. The maximum absolute atomic E-state index is 4.63. The van der Waals surface area contributed by atoms with Crippen molar-refractivity contribution in [2.45, 2.75) is 40.2 Å². The summed E-state index contributed by atoms with van der Waals surface area (Å²) in [4.78, 5) is 4.69. The highest BCUT2D eigenvalue weighted by Crippen LogP contribution is 2.23. The van der Waals surface area contributed by atoms with E-state index in [-0.39, 0.29) is 0 Å². The van der Waals surface area contributed by atoms with Crippen LogP contribution in [0.1, 0.15) is 37.9 Å². The zero-order valence-corrected chi connectivity index (χ0v) is 14.7. The van der Waals surface area contributed by atoms with Crippen LogP contribution < -0.4 is 10.2 Å². The molecule has 0 aromatic carbocycles. The smallest absolute Gasteiger partial charge is 0.131 e. The minimum atomic E-state index is 0.910. The van der Waals surface area contributed by atoms with Gasteiger partial charge in [0.2, 0.25) is 0 Å². The van der Waals surface area contributed by atoms with Gasteiger partial charge in [0.05, 0.1) is 5.69 Å². The molecule has 1 heterocycles. The second kappa shape index (κ2) is 9.05. The highest BCUT2D eigenvalue weighted by molar-refractivity contribution is 5.50. The standard InChI is InChI=1S/C16H33N5/c1-7-10-17-13-15-14(3)18-20(6)16(15)21(8-2)12-9-11-19(4)5/h17H,7-13H2,1-6H3. The lowest BCUT2D eigenvalue weighted by Crippen LogP contribution is -2.30. The van der Waals surface area contributed by atoms with Crippen molar-refractivity contribution >= 4 is 5.82 Å². The molecular weight excluding hydrogens is 262 g/mol. The molecule has 0 saturated carbocycles. The largest absolute Gasteiger partial charge is 0.357 e. The van der Waals surface area contributed by atoms with Crippen LogP contribution >= 0.6 is 0 Å². The maximum atomic E-state index is 4.63. The predicted molar refractivity (Wildman–Crippen MR) is 91.0 cm³/mol. The van der Waals surface area contributed by atoms with Crippen LogP contribution in [-0.2, 0) is 13.6 Å². The average Bonchev–Trinajstić information content (AvgIpc) is 2.70. The van der Waals surface area contributed by atoms with E-state index in [1.807, 2.05) is 4.68 Å². The molecule has 122 valence electrons. The number of hydrogen-bond acceptors (Lipinski definition) is 4. The fraction of sp³-hybridized carbons (Fsp3) is 0.812. The van der Waals surface area contributed by atoms with Gasteiger partial charge in [-0.1, -0.05) is 6.92 Å². The van der Waals surface area contributed by atoms with Crippen molar-refractivity contribution in [2.75, 3.05) is 45.2 Å². The molecule has 0 atom stereocenters. The monoisotopic (exact) mass is 295 g/mol. The number of aryl methyl sites for hydroxylation is 2. The van der Waals surface area contributed by atoms with Gasteiger partial charge < -0.3 is 15.1 Å². The molecule has 0 aliphatic carbocycles. The first-order chi connectivity index (χ1) is 10.0. The summed E-state index contributed by atoms with van der Waals surface area (Å²) >= 11 is 0. The van der Waals surface area contributed by atoms with Gasteiger partial charge in [-0.25, -0.2) is 0 Å². The van der Waals surface area contributed by atoms with Crippen LogP contribution in [0.4, 0.5) is 5.82 Å². The van der Waals surface area contributed by atoms with Crippen molar-refractivity contribution in [3.8, 4) is 0 Å². The van der Waals surface area contributed by atoms with Crippen LogP contribution in [0.5, 0.6) is 0 Å². The fourth-order valence-electron chi connectivity index (χ4n) is 2.67. The lowest BCUT2D eigenvalue weighted by atomic mass is 10.2. The van der Waals surface area contributed by atoms with Gasteiger partial charge in [0.15, 0.2) is 0 Å². The predicted octanol–water partition coefficient (Wildman–Crippen LogP) is 2.01. The third kappa shape index (κ3) is 5.32. The first kappa shape index (κ1) is 18.0. The Morgan fingerprint density at radius 3 is 2.48 bits per heavy atom. The van der Waals surface area contributed by atoms with E-state index in [0.717, 1.165) is 44.8 Å². The lowest BCUT2D eigenvalue weighted by Gasteiger charge is -2.25. The van der Waals surface area contributed by atoms with Crippen LogP contribution in [0.3, 0.4) is 0 Å². The molecule has 0 spiro atoms. The molecule has 0 aliphatic heterocycles. The van der Waals surface area contributed by atoms with Gasteiger partial charge in [0.1, 0.15) is 5.82 Å². The van der Waals surface area contributed by atoms with E-state index in [1.165, 1.54) is 17.8 Å². The molecule has 5 heteroatoms. The zero-order chi connectivity index (χ0) is 15.8. The molecule has 21 heavy (non-hydrogen) atoms. The van der Waals surface area contributed by atoms with E-state index in [9.17, 15) is 0 Å². The summed E-state index contributed by atoms with van der Waals surface area (Å²) in [5.41, 5.74) is 2.49. The van der Waals surface area contributed by atoms with Gasteiger partial charge in [0, 0.05) is 32.2 Å². The number of aromatic nitrogens is 2. The van der Waals surface area contributed by atoms with Crippen molar-refractivity contribution in [2.24, 2.45) is 7.05 Å². The number of nitrogens with zero attached hydrogens (tertiary/aromatic N) is 4. The van der Waals surface area contributed by atoms with Crippen LogP contribution in [0.25, 0.3) is 0 Å². The molecular formula is C16H33N5. The fourth-order valence-corrected chi connectivity index (χ4v) is 2.67. The van der Waals surface area contributed by atoms with Crippen molar-refractivity contribution in [1.29, 1.82) is 0 Å². The molecule has 1 aromatic heterocycles. The Morgan fingerprint density at radius 1 is 1.19 bits per heavy atom. The molecule has 0 bridgehead atoms. The number of anilines is 1. The summed E-state index contributed by atoms with van der Waals surface area (Å²) in [6, 6.07) is 0. The molecule has 0 fully saturated rings. The van der Waals surface area contributed by atoms with Gasteiger partial charge >= 0.3 is 0 Å². The van der Waals surface area contributed by atoms with E-state index in [0.29, 0.717) is 0 Å². The molecule has 0 unspecified atom stereocenters. The van der Waals surface area contributed by atoms with Gasteiger partial charge in [-0.15, -0.1) is 0 Å². The van der Waals surface area contributed by atoms with Gasteiger partial charge in [0.25, 0.3) is 0 Å². The van der Waals surface area contributed by atoms with Crippen molar-refractivity contribution in [3.05, 3.63) is 11.3 Å². The first-order valence-corrected chi connectivity index (χ1v) is 8.14. The second-order valence-corrected chi connectivity index (χ2v) is 5.92. The minimum absolute atomic E-state index is 0.910.